The van der Waals surface area contributed by atoms with Crippen molar-refractivity contribution in [3.8, 4) is 0 Å². The smallest absolute Gasteiger partial charge is 0.307 e. The Hall–Kier alpha value is -1.68. The van der Waals surface area contributed by atoms with E-state index in [-0.39, 0.29) is 18.8 Å². The zero-order chi connectivity index (χ0) is 14.6. The third-order valence-corrected chi connectivity index (χ3v) is 4.01. The molecule has 4 heteroatoms. The van der Waals surface area contributed by atoms with Crippen molar-refractivity contribution in [3.05, 3.63) is 35.9 Å². The van der Waals surface area contributed by atoms with Crippen LogP contribution in [0, 0.1) is 5.41 Å². The fourth-order valence-electron chi connectivity index (χ4n) is 2.55. The molecule has 4 nitrogen and oxygen atoms in total. The minimum atomic E-state index is -0.994. The quantitative estimate of drug-likeness (QED) is 0.857. The molecule has 1 saturated carbocycles. The van der Waals surface area contributed by atoms with Crippen molar-refractivity contribution < 1.29 is 19.4 Å². The van der Waals surface area contributed by atoms with Gasteiger partial charge >= 0.3 is 5.97 Å². The molecule has 0 bridgehead atoms. The van der Waals surface area contributed by atoms with E-state index in [4.69, 9.17) is 4.74 Å². The molecule has 0 saturated heterocycles. The van der Waals surface area contributed by atoms with Gasteiger partial charge in [0.2, 0.25) is 0 Å². The van der Waals surface area contributed by atoms with Crippen LogP contribution >= 0.6 is 0 Å². The highest BCUT2D eigenvalue weighted by atomic mass is 16.5. The largest absolute Gasteiger partial charge is 0.461 e. The van der Waals surface area contributed by atoms with E-state index in [1.54, 1.807) is 6.92 Å². The molecule has 1 aliphatic carbocycles. The summed E-state index contributed by atoms with van der Waals surface area (Å²) in [7, 11) is 0. The van der Waals surface area contributed by atoms with E-state index >= 15 is 0 Å². The first-order valence-corrected chi connectivity index (χ1v) is 6.93. The Morgan fingerprint density at radius 1 is 1.40 bits per heavy atom. The molecule has 0 spiro atoms. The number of Topliss-reactive ketones (excluding diaryl/α,β-unsaturated/α-hetero) is 1. The number of aliphatic hydroxyl groups excluding tert-OH is 1. The van der Waals surface area contributed by atoms with E-state index in [2.05, 4.69) is 0 Å². The maximum absolute atomic E-state index is 12.0. The number of esters is 1. The van der Waals surface area contributed by atoms with Crippen LogP contribution in [0.15, 0.2) is 30.3 Å². The van der Waals surface area contributed by atoms with Crippen LogP contribution < -0.4 is 0 Å². The third-order valence-electron chi connectivity index (χ3n) is 4.01. The van der Waals surface area contributed by atoms with Crippen molar-refractivity contribution in [3.63, 3.8) is 0 Å². The second-order valence-electron chi connectivity index (χ2n) is 5.57. The summed E-state index contributed by atoms with van der Waals surface area (Å²) < 4.78 is 5.19. The SMILES string of the molecule is CC1(CC(=O)OCc2ccccc2)C(=O)CCCC1O. The number of hydrogen-bond acceptors (Lipinski definition) is 4. The molecule has 0 heterocycles. The molecule has 0 radical (unpaired) electrons. The van der Waals surface area contributed by atoms with Crippen molar-refractivity contribution in [2.45, 2.75) is 45.3 Å². The zero-order valence-corrected chi connectivity index (χ0v) is 11.7. The van der Waals surface area contributed by atoms with E-state index in [1.807, 2.05) is 30.3 Å². The maximum Gasteiger partial charge on any atom is 0.307 e. The first-order valence-electron chi connectivity index (χ1n) is 6.93. The van der Waals surface area contributed by atoms with Crippen LogP contribution in [0.3, 0.4) is 0 Å². The predicted molar refractivity (Wildman–Crippen MR) is 73.8 cm³/mol. The van der Waals surface area contributed by atoms with Gasteiger partial charge in [-0.15, -0.1) is 0 Å². The second-order valence-corrected chi connectivity index (χ2v) is 5.57. The first kappa shape index (κ1) is 14.7. The van der Waals surface area contributed by atoms with Crippen LogP contribution in [-0.2, 0) is 20.9 Å². The lowest BCUT2D eigenvalue weighted by Crippen LogP contribution is -2.44. The molecular formula is C16H20O4. The Bertz CT molecular complexity index is 483. The summed E-state index contributed by atoms with van der Waals surface area (Å²) in [6.45, 7) is 1.85. The number of carbonyl (C=O) groups excluding carboxylic acids is 2. The van der Waals surface area contributed by atoms with Gasteiger partial charge in [-0.3, -0.25) is 9.59 Å². The number of hydrogen-bond donors (Lipinski definition) is 1. The van der Waals surface area contributed by atoms with Gasteiger partial charge in [0, 0.05) is 6.42 Å². The summed E-state index contributed by atoms with van der Waals surface area (Å²) in [6.07, 6.45) is 0.871. The van der Waals surface area contributed by atoms with E-state index in [0.717, 1.165) is 5.56 Å². The standard InChI is InChI=1S/C16H20O4/c1-16(13(17)8-5-9-14(16)18)10-15(19)20-11-12-6-3-2-4-7-12/h2-4,6-7,13,17H,5,8-11H2,1H3. The summed E-state index contributed by atoms with van der Waals surface area (Å²) in [5, 5.41) is 10.0. The van der Waals surface area contributed by atoms with Crippen LogP contribution in [0.4, 0.5) is 0 Å². The van der Waals surface area contributed by atoms with Crippen LogP contribution in [0.25, 0.3) is 0 Å². The Morgan fingerprint density at radius 2 is 2.10 bits per heavy atom. The van der Waals surface area contributed by atoms with Gasteiger partial charge in [-0.1, -0.05) is 30.3 Å². The lowest BCUT2D eigenvalue weighted by atomic mass is 9.70. The molecule has 0 amide bonds. The van der Waals surface area contributed by atoms with Gasteiger partial charge in [0.05, 0.1) is 17.9 Å². The normalized spacial score (nSPS) is 26.3. The molecule has 0 aromatic heterocycles. The van der Waals surface area contributed by atoms with Gasteiger partial charge in [0.25, 0.3) is 0 Å². The van der Waals surface area contributed by atoms with Crippen molar-refractivity contribution in [2.24, 2.45) is 5.41 Å². The summed E-state index contributed by atoms with van der Waals surface area (Å²) in [5.74, 6) is -0.487. The molecular weight excluding hydrogens is 256 g/mol. The highest BCUT2D eigenvalue weighted by Gasteiger charge is 2.44. The molecule has 2 atom stereocenters. The molecule has 108 valence electrons. The van der Waals surface area contributed by atoms with Crippen molar-refractivity contribution in [1.29, 1.82) is 0 Å². The fraction of sp³-hybridized carbons (Fsp3) is 0.500. The molecule has 1 aliphatic rings. The molecule has 1 fully saturated rings. The lowest BCUT2D eigenvalue weighted by molar-refractivity contribution is -0.156. The number of benzene rings is 1. The monoisotopic (exact) mass is 276 g/mol. The average molecular weight is 276 g/mol. The number of carbonyl (C=O) groups is 2. The number of ether oxygens (including phenoxy) is 1. The van der Waals surface area contributed by atoms with E-state index < -0.39 is 17.5 Å². The topological polar surface area (TPSA) is 63.6 Å². The fourth-order valence-corrected chi connectivity index (χ4v) is 2.55. The van der Waals surface area contributed by atoms with Crippen LogP contribution in [0.1, 0.15) is 38.2 Å². The summed E-state index contributed by atoms with van der Waals surface area (Å²) in [4.78, 5) is 23.9. The second kappa shape index (κ2) is 6.18. The van der Waals surface area contributed by atoms with Crippen molar-refractivity contribution >= 4 is 11.8 Å². The first-order chi connectivity index (χ1) is 9.52. The van der Waals surface area contributed by atoms with Gasteiger partial charge in [0.15, 0.2) is 0 Å². The minimum absolute atomic E-state index is 0.0482. The molecule has 1 aromatic rings. The van der Waals surface area contributed by atoms with Crippen molar-refractivity contribution in [2.75, 3.05) is 0 Å². The van der Waals surface area contributed by atoms with E-state index in [1.165, 1.54) is 0 Å². The van der Waals surface area contributed by atoms with Gasteiger partial charge in [0.1, 0.15) is 12.4 Å². The van der Waals surface area contributed by atoms with Crippen LogP contribution in [0.2, 0.25) is 0 Å². The molecule has 20 heavy (non-hydrogen) atoms. The van der Waals surface area contributed by atoms with Gasteiger partial charge in [-0.2, -0.15) is 0 Å². The van der Waals surface area contributed by atoms with E-state index in [9.17, 15) is 14.7 Å². The predicted octanol–water partition coefficient (Wildman–Crippen LogP) is 2.24. The molecule has 2 rings (SSSR count). The van der Waals surface area contributed by atoms with Gasteiger partial charge in [-0.25, -0.2) is 0 Å². The van der Waals surface area contributed by atoms with Crippen molar-refractivity contribution in [1.82, 2.24) is 0 Å². The number of rotatable bonds is 4. The Balaban J connectivity index is 1.92. The summed E-state index contributed by atoms with van der Waals surface area (Å²) in [6, 6.07) is 9.38. The van der Waals surface area contributed by atoms with Gasteiger partial charge in [-0.05, 0) is 25.3 Å². The minimum Gasteiger partial charge on any atom is -0.461 e. The Kier molecular flexibility index (Phi) is 4.55. The number of ketones is 1. The van der Waals surface area contributed by atoms with Crippen LogP contribution in [-0.4, -0.2) is 23.0 Å². The lowest BCUT2D eigenvalue weighted by Gasteiger charge is -2.36. The average Bonchev–Trinajstić information content (AvgIpc) is 2.44. The molecule has 1 N–H and O–H groups in total. The molecule has 0 aliphatic heterocycles. The molecule has 1 aromatic carbocycles. The summed E-state index contributed by atoms with van der Waals surface area (Å²) in [5.41, 5.74) is -0.0898. The number of aliphatic hydroxyl groups is 1. The zero-order valence-electron chi connectivity index (χ0n) is 11.7. The van der Waals surface area contributed by atoms with Crippen LogP contribution in [0.5, 0.6) is 0 Å². The summed E-state index contributed by atoms with van der Waals surface area (Å²) >= 11 is 0. The third kappa shape index (κ3) is 3.25. The molecule has 2 unspecified atom stereocenters. The van der Waals surface area contributed by atoms with E-state index in [0.29, 0.717) is 19.3 Å². The highest BCUT2D eigenvalue weighted by molar-refractivity contribution is 5.89. The Morgan fingerprint density at radius 3 is 2.75 bits per heavy atom. The Labute approximate surface area is 118 Å². The maximum atomic E-state index is 12.0. The highest BCUT2D eigenvalue weighted by Crippen LogP contribution is 2.36. The van der Waals surface area contributed by atoms with Gasteiger partial charge < -0.3 is 9.84 Å².